The van der Waals surface area contributed by atoms with Crippen LogP contribution in [-0.2, 0) is 0 Å². The van der Waals surface area contributed by atoms with E-state index in [1.54, 1.807) is 0 Å². The zero-order valence-electron chi connectivity index (χ0n) is 8.78. The summed E-state index contributed by atoms with van der Waals surface area (Å²) in [6.45, 7) is 2.13. The number of benzene rings is 1. The summed E-state index contributed by atoms with van der Waals surface area (Å²) >= 11 is 0. The minimum atomic E-state index is -0.652. The third kappa shape index (κ3) is 2.94. The molecule has 2 N–H and O–H groups in total. The van der Waals surface area contributed by atoms with Gasteiger partial charge in [-0.25, -0.2) is 0 Å². The number of piperidine rings is 1. The predicted octanol–water partition coefficient (Wildman–Crippen LogP) is 1.18. The van der Waals surface area contributed by atoms with Gasteiger partial charge < -0.3 is 15.2 Å². The van der Waals surface area contributed by atoms with Gasteiger partial charge in [0.2, 0.25) is 0 Å². The van der Waals surface area contributed by atoms with E-state index in [2.05, 4.69) is 5.32 Å². The summed E-state index contributed by atoms with van der Waals surface area (Å²) in [5.41, 5.74) is -0.652. The lowest BCUT2D eigenvalue weighted by Crippen LogP contribution is -2.45. The predicted molar refractivity (Wildman–Crippen MR) is 59.0 cm³/mol. The largest absolute Gasteiger partial charge is 0.491 e. The van der Waals surface area contributed by atoms with Crippen molar-refractivity contribution in [3.05, 3.63) is 30.3 Å². The zero-order chi connectivity index (χ0) is 10.6. The maximum Gasteiger partial charge on any atom is 0.119 e. The molecule has 15 heavy (non-hydrogen) atoms. The molecule has 1 aliphatic rings. The first-order chi connectivity index (χ1) is 7.29. The Morgan fingerprint density at radius 1 is 1.20 bits per heavy atom. The smallest absolute Gasteiger partial charge is 0.119 e. The van der Waals surface area contributed by atoms with E-state index in [0.29, 0.717) is 6.61 Å². The molecule has 3 heteroatoms. The van der Waals surface area contributed by atoms with Gasteiger partial charge in [-0.1, -0.05) is 18.2 Å². The molecule has 0 unspecified atom stereocenters. The van der Waals surface area contributed by atoms with Crippen molar-refractivity contribution in [1.82, 2.24) is 5.32 Å². The lowest BCUT2D eigenvalue weighted by Gasteiger charge is -2.32. The van der Waals surface area contributed by atoms with E-state index >= 15 is 0 Å². The highest BCUT2D eigenvalue weighted by Crippen LogP contribution is 2.20. The van der Waals surface area contributed by atoms with E-state index in [1.165, 1.54) is 0 Å². The van der Waals surface area contributed by atoms with Gasteiger partial charge in [0.05, 0.1) is 0 Å². The second kappa shape index (κ2) is 4.64. The number of nitrogens with one attached hydrogen (secondary N) is 1. The highest BCUT2D eigenvalue weighted by molar-refractivity contribution is 5.21. The van der Waals surface area contributed by atoms with Crippen molar-refractivity contribution in [2.24, 2.45) is 0 Å². The van der Waals surface area contributed by atoms with Crippen molar-refractivity contribution in [2.75, 3.05) is 19.7 Å². The summed E-state index contributed by atoms with van der Waals surface area (Å²) in [7, 11) is 0. The number of hydrogen-bond donors (Lipinski definition) is 2. The average molecular weight is 207 g/mol. The molecular weight excluding hydrogens is 190 g/mol. The summed E-state index contributed by atoms with van der Waals surface area (Å²) in [6.07, 6.45) is 1.53. The first-order valence-electron chi connectivity index (χ1n) is 5.39. The van der Waals surface area contributed by atoms with Crippen molar-refractivity contribution < 1.29 is 9.84 Å². The quantitative estimate of drug-likeness (QED) is 0.782. The van der Waals surface area contributed by atoms with Gasteiger partial charge in [-0.05, 0) is 38.1 Å². The number of hydrogen-bond acceptors (Lipinski definition) is 3. The first-order valence-corrected chi connectivity index (χ1v) is 5.39. The standard InChI is InChI=1S/C12H17NO2/c14-12(6-8-13-9-7-12)10-15-11-4-2-1-3-5-11/h1-5,13-14H,6-10H2. The third-order valence-corrected chi connectivity index (χ3v) is 2.78. The molecule has 0 radical (unpaired) electrons. The molecule has 0 aliphatic carbocycles. The second-order valence-electron chi connectivity index (χ2n) is 4.08. The van der Waals surface area contributed by atoms with Gasteiger partial charge in [-0.3, -0.25) is 0 Å². The van der Waals surface area contributed by atoms with Crippen LogP contribution in [0.3, 0.4) is 0 Å². The van der Waals surface area contributed by atoms with Gasteiger partial charge in [-0.2, -0.15) is 0 Å². The second-order valence-corrected chi connectivity index (χ2v) is 4.08. The minimum Gasteiger partial charge on any atom is -0.491 e. The molecule has 1 aromatic rings. The SMILES string of the molecule is OC1(COc2ccccc2)CCNCC1. The van der Waals surface area contributed by atoms with Gasteiger partial charge in [0.25, 0.3) is 0 Å². The molecule has 0 spiro atoms. The molecule has 1 aliphatic heterocycles. The summed E-state index contributed by atoms with van der Waals surface area (Å²) in [5.74, 6) is 0.824. The molecule has 3 nitrogen and oxygen atoms in total. The summed E-state index contributed by atoms with van der Waals surface area (Å²) in [4.78, 5) is 0. The van der Waals surface area contributed by atoms with Crippen molar-refractivity contribution in [3.63, 3.8) is 0 Å². The Morgan fingerprint density at radius 2 is 1.87 bits per heavy atom. The zero-order valence-corrected chi connectivity index (χ0v) is 8.78. The lowest BCUT2D eigenvalue weighted by molar-refractivity contribution is -0.0286. The van der Waals surface area contributed by atoms with Gasteiger partial charge >= 0.3 is 0 Å². The van der Waals surface area contributed by atoms with Crippen LogP contribution >= 0.6 is 0 Å². The Labute approximate surface area is 90.1 Å². The van der Waals surface area contributed by atoms with Crippen LogP contribution in [0.4, 0.5) is 0 Å². The van der Waals surface area contributed by atoms with E-state index in [9.17, 15) is 5.11 Å². The van der Waals surface area contributed by atoms with Crippen LogP contribution in [0.5, 0.6) is 5.75 Å². The molecule has 0 amide bonds. The normalized spacial score (nSPS) is 19.8. The fourth-order valence-electron chi connectivity index (χ4n) is 1.77. The minimum absolute atomic E-state index is 0.388. The monoisotopic (exact) mass is 207 g/mol. The maximum atomic E-state index is 10.2. The Bertz CT molecular complexity index is 294. The molecule has 0 aromatic heterocycles. The molecule has 0 atom stereocenters. The summed E-state index contributed by atoms with van der Waals surface area (Å²) in [6, 6.07) is 9.63. The molecule has 1 saturated heterocycles. The van der Waals surface area contributed by atoms with Crippen molar-refractivity contribution >= 4 is 0 Å². The topological polar surface area (TPSA) is 41.5 Å². The number of aliphatic hydroxyl groups is 1. The fraction of sp³-hybridized carbons (Fsp3) is 0.500. The number of rotatable bonds is 3. The van der Waals surface area contributed by atoms with Crippen molar-refractivity contribution in [1.29, 1.82) is 0 Å². The molecule has 2 rings (SSSR count). The first kappa shape index (κ1) is 10.5. The van der Waals surface area contributed by atoms with Crippen LogP contribution in [0.15, 0.2) is 30.3 Å². The number of para-hydroxylation sites is 1. The fourth-order valence-corrected chi connectivity index (χ4v) is 1.77. The highest BCUT2D eigenvalue weighted by Gasteiger charge is 2.29. The Morgan fingerprint density at radius 3 is 2.53 bits per heavy atom. The molecule has 1 heterocycles. The molecule has 1 fully saturated rings. The van der Waals surface area contributed by atoms with E-state index in [1.807, 2.05) is 30.3 Å². The third-order valence-electron chi connectivity index (χ3n) is 2.78. The van der Waals surface area contributed by atoms with Crippen molar-refractivity contribution in [3.8, 4) is 5.75 Å². The van der Waals surface area contributed by atoms with Crippen LogP contribution in [0.2, 0.25) is 0 Å². The lowest BCUT2D eigenvalue weighted by atomic mass is 9.94. The van der Waals surface area contributed by atoms with Gasteiger partial charge in [-0.15, -0.1) is 0 Å². The highest BCUT2D eigenvalue weighted by atomic mass is 16.5. The van der Waals surface area contributed by atoms with Gasteiger partial charge in [0, 0.05) is 0 Å². The molecular formula is C12H17NO2. The Balaban J connectivity index is 1.87. The van der Waals surface area contributed by atoms with Crippen LogP contribution in [0, 0.1) is 0 Å². The van der Waals surface area contributed by atoms with Crippen LogP contribution in [-0.4, -0.2) is 30.4 Å². The Kier molecular flexibility index (Phi) is 3.23. The molecule has 0 saturated carbocycles. The summed E-state index contributed by atoms with van der Waals surface area (Å²) < 4.78 is 5.57. The van der Waals surface area contributed by atoms with Crippen LogP contribution in [0.25, 0.3) is 0 Å². The van der Waals surface area contributed by atoms with Crippen LogP contribution < -0.4 is 10.1 Å². The van der Waals surface area contributed by atoms with E-state index < -0.39 is 5.60 Å². The van der Waals surface area contributed by atoms with Crippen molar-refractivity contribution in [2.45, 2.75) is 18.4 Å². The number of ether oxygens (including phenoxy) is 1. The molecule has 1 aromatic carbocycles. The van der Waals surface area contributed by atoms with Gasteiger partial charge in [0.15, 0.2) is 0 Å². The maximum absolute atomic E-state index is 10.2. The van der Waals surface area contributed by atoms with E-state index in [-0.39, 0.29) is 0 Å². The summed E-state index contributed by atoms with van der Waals surface area (Å²) in [5, 5.41) is 13.4. The molecule has 82 valence electrons. The van der Waals surface area contributed by atoms with Crippen LogP contribution in [0.1, 0.15) is 12.8 Å². The van der Waals surface area contributed by atoms with Gasteiger partial charge in [0.1, 0.15) is 18.0 Å². The average Bonchev–Trinajstić information content (AvgIpc) is 2.29. The molecule has 0 bridgehead atoms. The van der Waals surface area contributed by atoms with E-state index in [0.717, 1.165) is 31.7 Å². The van der Waals surface area contributed by atoms with E-state index in [4.69, 9.17) is 4.74 Å². The Hall–Kier alpha value is -1.06.